The van der Waals surface area contributed by atoms with Crippen molar-refractivity contribution in [2.45, 2.75) is 6.42 Å². The molecule has 8 heteroatoms. The molecule has 26 heavy (non-hydrogen) atoms. The molecule has 1 amide bonds. The number of thiocarbonyl (C=S) groups is 1. The maximum absolute atomic E-state index is 11.9. The second kappa shape index (κ2) is 10.7. The van der Waals surface area contributed by atoms with E-state index in [1.165, 1.54) is 11.8 Å². The molecule has 0 aliphatic carbocycles. The molecule has 0 unspecified atom stereocenters. The molecule has 0 atom stereocenters. The molecule has 0 bridgehead atoms. The van der Waals surface area contributed by atoms with Gasteiger partial charge < -0.3 is 15.4 Å². The van der Waals surface area contributed by atoms with Crippen LogP contribution >= 0.6 is 35.3 Å². The number of methoxy groups -OCH3 is 1. The van der Waals surface area contributed by atoms with Crippen LogP contribution in [0.1, 0.15) is 11.3 Å². The highest BCUT2D eigenvalue weighted by Crippen LogP contribution is 2.21. The minimum absolute atomic E-state index is 0.125. The van der Waals surface area contributed by atoms with Crippen LogP contribution in [0.25, 0.3) is 6.08 Å². The Balaban J connectivity index is 1.73. The molecule has 0 radical (unpaired) electrons. The van der Waals surface area contributed by atoms with Crippen LogP contribution in [-0.2, 0) is 9.59 Å². The predicted molar refractivity (Wildman–Crippen MR) is 113 cm³/mol. The molecule has 136 valence electrons. The van der Waals surface area contributed by atoms with E-state index in [2.05, 4.69) is 10.6 Å². The fourth-order valence-corrected chi connectivity index (χ4v) is 3.67. The number of thioether (sulfide) groups is 1. The van der Waals surface area contributed by atoms with Crippen molar-refractivity contribution in [1.82, 2.24) is 5.32 Å². The Bertz CT molecular complexity index is 771. The van der Waals surface area contributed by atoms with Crippen LogP contribution in [0.5, 0.6) is 5.75 Å². The molecule has 2 N–H and O–H groups in total. The van der Waals surface area contributed by atoms with Crippen LogP contribution in [-0.4, -0.2) is 30.2 Å². The number of nitrogens with one attached hydrogen (secondary N) is 2. The quantitative estimate of drug-likeness (QED) is 0.393. The van der Waals surface area contributed by atoms with E-state index >= 15 is 0 Å². The van der Waals surface area contributed by atoms with Crippen molar-refractivity contribution in [1.29, 1.82) is 0 Å². The van der Waals surface area contributed by atoms with Gasteiger partial charge in [0.2, 0.25) is 5.91 Å². The molecule has 0 aliphatic heterocycles. The minimum atomic E-state index is -0.125. The van der Waals surface area contributed by atoms with Gasteiger partial charge in [0.25, 0.3) is 0 Å². The molecule has 0 spiro atoms. The number of anilines is 1. The molecule has 2 aromatic rings. The number of aldehydes is 1. The summed E-state index contributed by atoms with van der Waals surface area (Å²) in [5.41, 5.74) is 0.704. The molecule has 1 heterocycles. The van der Waals surface area contributed by atoms with E-state index in [4.69, 9.17) is 17.0 Å². The second-order valence-corrected chi connectivity index (χ2v) is 7.75. The summed E-state index contributed by atoms with van der Waals surface area (Å²) >= 11 is 7.93. The molecule has 0 saturated carbocycles. The third-order valence-corrected chi connectivity index (χ3v) is 5.14. The van der Waals surface area contributed by atoms with Gasteiger partial charge in [-0.2, -0.15) is 0 Å². The number of carbonyl (C=O) groups is 2. The van der Waals surface area contributed by atoms with Crippen LogP contribution in [0.4, 0.5) is 5.69 Å². The van der Waals surface area contributed by atoms with Gasteiger partial charge in [-0.05, 0) is 41.8 Å². The van der Waals surface area contributed by atoms with Gasteiger partial charge in [-0.15, -0.1) is 11.3 Å². The van der Waals surface area contributed by atoms with Crippen LogP contribution in [0.15, 0.2) is 46.7 Å². The van der Waals surface area contributed by atoms with Crippen molar-refractivity contribution in [3.8, 4) is 5.75 Å². The maximum atomic E-state index is 11.9. The summed E-state index contributed by atoms with van der Waals surface area (Å²) in [7, 11) is 1.59. The second-order valence-electron chi connectivity index (χ2n) is 5.02. The van der Waals surface area contributed by atoms with Crippen LogP contribution in [0, 0.1) is 0 Å². The van der Waals surface area contributed by atoms with Crippen LogP contribution in [0.2, 0.25) is 0 Å². The lowest BCUT2D eigenvalue weighted by atomic mass is 10.3. The van der Waals surface area contributed by atoms with Crippen molar-refractivity contribution in [2.24, 2.45) is 0 Å². The van der Waals surface area contributed by atoms with Crippen molar-refractivity contribution < 1.29 is 14.3 Å². The highest BCUT2D eigenvalue weighted by molar-refractivity contribution is 8.26. The van der Waals surface area contributed by atoms with Crippen molar-refractivity contribution in [3.63, 3.8) is 0 Å². The molecular formula is C18H18N2O3S3. The molecule has 5 nitrogen and oxygen atoms in total. The highest BCUT2D eigenvalue weighted by Gasteiger charge is 2.06. The number of hydrogen-bond donors (Lipinski definition) is 2. The van der Waals surface area contributed by atoms with Gasteiger partial charge in [-0.25, -0.2) is 0 Å². The van der Waals surface area contributed by atoms with E-state index in [9.17, 15) is 9.59 Å². The van der Waals surface area contributed by atoms with Gasteiger partial charge in [0, 0.05) is 23.5 Å². The summed E-state index contributed by atoms with van der Waals surface area (Å²) in [6.45, 7) is 0.388. The number of benzene rings is 1. The van der Waals surface area contributed by atoms with Crippen molar-refractivity contribution in [2.75, 3.05) is 19.0 Å². The normalized spacial score (nSPS) is 10.9. The largest absolute Gasteiger partial charge is 0.497 e. The van der Waals surface area contributed by atoms with Gasteiger partial charge in [0.15, 0.2) is 6.29 Å². The fraction of sp³-hybridized carbons (Fsp3) is 0.167. The van der Waals surface area contributed by atoms with E-state index in [0.29, 0.717) is 21.5 Å². The lowest BCUT2D eigenvalue weighted by molar-refractivity contribution is -0.116. The van der Waals surface area contributed by atoms with E-state index in [1.54, 1.807) is 48.8 Å². The van der Waals surface area contributed by atoms with Gasteiger partial charge in [-0.1, -0.05) is 30.0 Å². The highest BCUT2D eigenvalue weighted by atomic mass is 32.2. The van der Waals surface area contributed by atoms with Crippen LogP contribution in [0.3, 0.4) is 0 Å². The lowest BCUT2D eigenvalue weighted by Crippen LogP contribution is -2.24. The van der Waals surface area contributed by atoms with E-state index < -0.39 is 0 Å². The Morgan fingerprint density at radius 1 is 1.31 bits per heavy atom. The van der Waals surface area contributed by atoms with Crippen LogP contribution < -0.4 is 15.4 Å². The van der Waals surface area contributed by atoms with Gasteiger partial charge in [0.1, 0.15) is 10.1 Å². The topological polar surface area (TPSA) is 67.4 Å². The van der Waals surface area contributed by atoms with Crippen molar-refractivity contribution in [3.05, 3.63) is 51.6 Å². The standard InChI is InChI=1S/C18H18N2O3S3/c1-23-14-6-4-13(5-7-14)20-17(22)8-9-19-18(24)26-16(12-21)11-15-3-2-10-25-15/h2-7,10-12H,8-9H2,1H3,(H,19,24)(H,20,22)/b16-11+. The Morgan fingerprint density at radius 2 is 2.08 bits per heavy atom. The Labute approximate surface area is 165 Å². The average Bonchev–Trinajstić information content (AvgIpc) is 3.14. The summed E-state index contributed by atoms with van der Waals surface area (Å²) in [5.74, 6) is 0.605. The first-order valence-corrected chi connectivity index (χ1v) is 9.81. The number of hydrogen-bond acceptors (Lipinski definition) is 6. The SMILES string of the molecule is COc1ccc(NC(=O)CCNC(=S)S/C(C=O)=C/c2cccs2)cc1. The Morgan fingerprint density at radius 3 is 2.69 bits per heavy atom. The first-order valence-electron chi connectivity index (χ1n) is 7.70. The summed E-state index contributed by atoms with van der Waals surface area (Å²) in [6, 6.07) is 10.9. The number of allylic oxidation sites excluding steroid dienone is 1. The summed E-state index contributed by atoms with van der Waals surface area (Å²) in [4.78, 5) is 24.6. The molecule has 1 aromatic carbocycles. The molecule has 0 fully saturated rings. The summed E-state index contributed by atoms with van der Waals surface area (Å²) in [5, 5.41) is 7.72. The minimum Gasteiger partial charge on any atom is -0.497 e. The fourth-order valence-electron chi connectivity index (χ4n) is 1.92. The predicted octanol–water partition coefficient (Wildman–Crippen LogP) is 3.93. The molecule has 1 aromatic heterocycles. The maximum Gasteiger partial charge on any atom is 0.226 e. The molecule has 0 aliphatic rings. The number of rotatable bonds is 8. The lowest BCUT2D eigenvalue weighted by Gasteiger charge is -2.08. The first kappa shape index (κ1) is 20.2. The smallest absolute Gasteiger partial charge is 0.226 e. The Kier molecular flexibility index (Phi) is 8.33. The average molecular weight is 407 g/mol. The summed E-state index contributed by atoms with van der Waals surface area (Å²) in [6.07, 6.45) is 2.82. The third-order valence-electron chi connectivity index (χ3n) is 3.15. The molecule has 0 saturated heterocycles. The van der Waals surface area contributed by atoms with E-state index in [1.807, 2.05) is 17.5 Å². The number of amides is 1. The summed E-state index contributed by atoms with van der Waals surface area (Å²) < 4.78 is 5.53. The van der Waals surface area contributed by atoms with Gasteiger partial charge in [0.05, 0.1) is 12.0 Å². The number of ether oxygens (including phenoxy) is 1. The van der Waals surface area contributed by atoms with E-state index in [-0.39, 0.29) is 12.3 Å². The molecular weight excluding hydrogens is 388 g/mol. The van der Waals surface area contributed by atoms with Gasteiger partial charge >= 0.3 is 0 Å². The zero-order chi connectivity index (χ0) is 18.8. The van der Waals surface area contributed by atoms with Crippen molar-refractivity contribution >= 4 is 63.6 Å². The Hall–Kier alpha value is -2.16. The van der Waals surface area contributed by atoms with E-state index in [0.717, 1.165) is 16.9 Å². The first-order chi connectivity index (χ1) is 12.6. The van der Waals surface area contributed by atoms with Gasteiger partial charge in [-0.3, -0.25) is 9.59 Å². The monoisotopic (exact) mass is 406 g/mol. The third kappa shape index (κ3) is 6.99. The number of carbonyl (C=O) groups excluding carboxylic acids is 2. The zero-order valence-electron chi connectivity index (χ0n) is 14.1. The number of thiophene rings is 1. The molecule has 2 rings (SSSR count). The zero-order valence-corrected chi connectivity index (χ0v) is 16.5.